The zero-order chi connectivity index (χ0) is 11.8. The monoisotopic (exact) mass is 222 g/mol. The molecule has 0 atom stereocenters. The van der Waals surface area contributed by atoms with Gasteiger partial charge in [-0.25, -0.2) is 0 Å². The van der Waals surface area contributed by atoms with Crippen LogP contribution >= 0.6 is 0 Å². The molecule has 0 aliphatic heterocycles. The molecule has 0 saturated heterocycles. The number of nitriles is 1. The quantitative estimate of drug-likeness (QED) is 0.458. The van der Waals surface area contributed by atoms with Crippen molar-refractivity contribution in [3.05, 3.63) is 58.4 Å². The van der Waals surface area contributed by atoms with Crippen LogP contribution in [0.25, 0.3) is 16.4 Å². The van der Waals surface area contributed by atoms with Crippen molar-refractivity contribution >= 4 is 16.4 Å². The first-order valence-corrected chi connectivity index (χ1v) is 5.16. The third kappa shape index (κ3) is 1.30. The van der Waals surface area contributed by atoms with Crippen LogP contribution in [0.15, 0.2) is 47.4 Å². The van der Waals surface area contributed by atoms with E-state index in [2.05, 4.69) is 5.10 Å². The van der Waals surface area contributed by atoms with Gasteiger partial charge in [-0.1, -0.05) is 16.6 Å². The van der Waals surface area contributed by atoms with Gasteiger partial charge in [-0.15, -0.1) is 0 Å². The van der Waals surface area contributed by atoms with Crippen LogP contribution in [0.5, 0.6) is 0 Å². The van der Waals surface area contributed by atoms with E-state index in [-0.39, 0.29) is 11.0 Å². The summed E-state index contributed by atoms with van der Waals surface area (Å²) >= 11 is 0. The Kier molecular flexibility index (Phi) is 1.92. The Balaban J connectivity index is 2.59. The van der Waals surface area contributed by atoms with Gasteiger partial charge in [0.15, 0.2) is 0 Å². The van der Waals surface area contributed by atoms with E-state index in [4.69, 9.17) is 5.26 Å². The fourth-order valence-electron chi connectivity index (χ4n) is 1.94. The molecule has 3 rings (SSSR count). The van der Waals surface area contributed by atoms with E-state index >= 15 is 0 Å². The minimum absolute atomic E-state index is 0.125. The fraction of sp³-hybridized carbons (Fsp3) is 0. The second-order valence-corrected chi connectivity index (χ2v) is 3.74. The van der Waals surface area contributed by atoms with E-state index < -0.39 is 0 Å². The first-order valence-electron chi connectivity index (χ1n) is 5.16. The van der Waals surface area contributed by atoms with Crippen molar-refractivity contribution < 1.29 is 4.52 Å². The first-order chi connectivity index (χ1) is 8.31. The average molecular weight is 222 g/mol. The Labute approximate surface area is 96.3 Å². The molecule has 4 nitrogen and oxygen atoms in total. The zero-order valence-corrected chi connectivity index (χ0v) is 8.84. The van der Waals surface area contributed by atoms with Gasteiger partial charge in [0.05, 0.1) is 6.20 Å². The summed E-state index contributed by atoms with van der Waals surface area (Å²) in [7, 11) is 0. The van der Waals surface area contributed by atoms with Crippen molar-refractivity contribution in [1.82, 2.24) is 5.10 Å². The van der Waals surface area contributed by atoms with Crippen LogP contribution in [0.2, 0.25) is 0 Å². The third-order valence-corrected chi connectivity index (χ3v) is 2.78. The summed E-state index contributed by atoms with van der Waals surface area (Å²) in [6, 6.07) is 13.2. The number of aromatic amines is 1. The van der Waals surface area contributed by atoms with Crippen molar-refractivity contribution in [2.45, 2.75) is 0 Å². The van der Waals surface area contributed by atoms with Gasteiger partial charge in [-0.2, -0.15) is 10.4 Å². The number of para-hydroxylation sites is 1. The molecular weight excluding hydrogens is 214 g/mol. The van der Waals surface area contributed by atoms with E-state index in [1.54, 1.807) is 10.6 Å². The summed E-state index contributed by atoms with van der Waals surface area (Å²) < 4.78 is 1.69. The van der Waals surface area contributed by atoms with Gasteiger partial charge in [-0.3, -0.25) is 4.79 Å². The number of pyridine rings is 1. The number of hydrogen-bond donors (Lipinski definition) is 1. The number of hydrogen-bond acceptors (Lipinski definition) is 2. The maximum atomic E-state index is 11.9. The van der Waals surface area contributed by atoms with Gasteiger partial charge in [0.25, 0.3) is 10.9 Å². The molecule has 0 aliphatic rings. The van der Waals surface area contributed by atoms with Gasteiger partial charge >= 0.3 is 0 Å². The van der Waals surface area contributed by atoms with Crippen LogP contribution in [-0.4, -0.2) is 5.10 Å². The lowest BCUT2D eigenvalue weighted by Gasteiger charge is -1.95. The summed E-state index contributed by atoms with van der Waals surface area (Å²) in [5.74, 6) is 0. The number of fused-ring (bicyclic) bond motifs is 3. The van der Waals surface area contributed by atoms with E-state index in [1.165, 1.54) is 6.20 Å². The van der Waals surface area contributed by atoms with Crippen molar-refractivity contribution in [2.75, 3.05) is 0 Å². The highest BCUT2D eigenvalue weighted by Crippen LogP contribution is 2.08. The molecule has 0 radical (unpaired) electrons. The lowest BCUT2D eigenvalue weighted by molar-refractivity contribution is -0.553. The fourth-order valence-corrected chi connectivity index (χ4v) is 1.94. The van der Waals surface area contributed by atoms with Crippen LogP contribution in [0.4, 0.5) is 0 Å². The summed E-state index contributed by atoms with van der Waals surface area (Å²) in [6.07, 6.45) is 1.43. The van der Waals surface area contributed by atoms with Gasteiger partial charge in [0.2, 0.25) is 5.52 Å². The van der Waals surface area contributed by atoms with Crippen LogP contribution in [0.1, 0.15) is 5.56 Å². The summed E-state index contributed by atoms with van der Waals surface area (Å²) in [5, 5.41) is 12.8. The van der Waals surface area contributed by atoms with Gasteiger partial charge < -0.3 is 0 Å². The standard InChI is InChI=1S/C13H7N3O/c14-7-10-8-15-16-11-4-2-1-3-9(11)5-6-12(16)13(10)17/h1-6,8H/p+1. The summed E-state index contributed by atoms with van der Waals surface area (Å²) in [5.41, 5.74) is 1.26. The maximum absolute atomic E-state index is 11.9. The largest absolute Gasteiger partial charge is 0.284 e. The first kappa shape index (κ1) is 9.55. The molecule has 17 heavy (non-hydrogen) atoms. The SMILES string of the molecule is N#Cc1c[nH][n+]2c(ccc3ccccc32)c1=O. The molecule has 2 heterocycles. The molecule has 4 heteroatoms. The minimum atomic E-state index is -0.253. The van der Waals surface area contributed by atoms with Crippen LogP contribution < -0.4 is 9.94 Å². The van der Waals surface area contributed by atoms with Crippen LogP contribution in [0, 0.1) is 11.3 Å². The van der Waals surface area contributed by atoms with E-state index in [1.807, 2.05) is 36.4 Å². The lowest BCUT2D eigenvalue weighted by atomic mass is 10.2. The van der Waals surface area contributed by atoms with Crippen molar-refractivity contribution in [3.8, 4) is 6.07 Å². The van der Waals surface area contributed by atoms with Crippen molar-refractivity contribution in [3.63, 3.8) is 0 Å². The molecule has 0 aliphatic carbocycles. The molecule has 3 aromatic rings. The van der Waals surface area contributed by atoms with Gasteiger partial charge in [-0.05, 0) is 12.1 Å². The smallest absolute Gasteiger partial charge is 0.281 e. The van der Waals surface area contributed by atoms with Crippen molar-refractivity contribution in [2.24, 2.45) is 0 Å². The number of nitrogens with one attached hydrogen (secondary N) is 1. The second kappa shape index (κ2) is 3.42. The molecule has 0 spiro atoms. The van der Waals surface area contributed by atoms with Crippen LogP contribution in [-0.2, 0) is 0 Å². The van der Waals surface area contributed by atoms with Crippen molar-refractivity contribution in [1.29, 1.82) is 5.26 Å². The number of rotatable bonds is 0. The Hall–Kier alpha value is -2.67. The van der Waals surface area contributed by atoms with E-state index in [0.29, 0.717) is 5.52 Å². The molecule has 0 saturated carbocycles. The summed E-state index contributed by atoms with van der Waals surface area (Å²) in [4.78, 5) is 11.9. The molecule has 0 amide bonds. The highest BCUT2D eigenvalue weighted by molar-refractivity contribution is 5.77. The molecule has 1 aromatic carbocycles. The molecule has 0 bridgehead atoms. The average Bonchev–Trinajstić information content (AvgIpc) is 2.39. The normalized spacial score (nSPS) is 10.5. The summed E-state index contributed by atoms with van der Waals surface area (Å²) in [6.45, 7) is 0. The van der Waals surface area contributed by atoms with E-state index in [9.17, 15) is 4.79 Å². The second-order valence-electron chi connectivity index (χ2n) is 3.74. The van der Waals surface area contributed by atoms with Crippen LogP contribution in [0.3, 0.4) is 0 Å². The molecule has 80 valence electrons. The highest BCUT2D eigenvalue weighted by Gasteiger charge is 2.14. The Morgan fingerprint density at radius 1 is 1.12 bits per heavy atom. The predicted octanol–water partition coefficient (Wildman–Crippen LogP) is 1.14. The maximum Gasteiger partial charge on any atom is 0.284 e. The topological polar surface area (TPSA) is 60.8 Å². The molecule has 0 unspecified atom stereocenters. The number of H-pyrrole nitrogens is 1. The Morgan fingerprint density at radius 2 is 1.94 bits per heavy atom. The minimum Gasteiger partial charge on any atom is -0.281 e. The number of nitrogens with zero attached hydrogens (tertiary/aromatic N) is 2. The third-order valence-electron chi connectivity index (χ3n) is 2.78. The zero-order valence-electron chi connectivity index (χ0n) is 8.84. The number of aromatic nitrogens is 2. The molecule has 0 fully saturated rings. The Bertz CT molecular complexity index is 827. The predicted molar refractivity (Wildman–Crippen MR) is 62.4 cm³/mol. The number of benzene rings is 1. The lowest BCUT2D eigenvalue weighted by Crippen LogP contribution is -2.34. The molecular formula is C13H8N3O+. The van der Waals surface area contributed by atoms with Gasteiger partial charge in [0, 0.05) is 17.5 Å². The Morgan fingerprint density at radius 3 is 2.76 bits per heavy atom. The van der Waals surface area contributed by atoms with E-state index in [0.717, 1.165) is 10.9 Å². The highest BCUT2D eigenvalue weighted by atomic mass is 16.1. The van der Waals surface area contributed by atoms with Gasteiger partial charge in [0.1, 0.15) is 11.6 Å². The molecule has 1 N–H and O–H groups in total. The molecule has 2 aromatic heterocycles.